The minimum absolute atomic E-state index is 0.119. The summed E-state index contributed by atoms with van der Waals surface area (Å²) in [6.07, 6.45) is 1.69. The molecule has 0 saturated carbocycles. The quantitative estimate of drug-likeness (QED) is 0.575. The topological polar surface area (TPSA) is 72.9 Å². The van der Waals surface area contributed by atoms with Crippen molar-refractivity contribution in [1.29, 1.82) is 0 Å². The molecular weight excluding hydrogens is 270 g/mol. The van der Waals surface area contributed by atoms with Crippen LogP contribution in [0.3, 0.4) is 0 Å². The van der Waals surface area contributed by atoms with E-state index in [9.17, 15) is 13.2 Å². The number of carbonyl (C=O) groups is 1. The highest BCUT2D eigenvalue weighted by Crippen LogP contribution is 2.26. The summed E-state index contributed by atoms with van der Waals surface area (Å²) < 4.78 is 35.4. The largest absolute Gasteiger partial charge is 0.465 e. The maximum absolute atomic E-state index is 12.2. The number of rotatable bonds is 4. The Hall–Kier alpha value is -0.920. The molecule has 0 N–H and O–H groups in total. The maximum atomic E-state index is 12.2. The summed E-state index contributed by atoms with van der Waals surface area (Å²) in [4.78, 5) is 11.9. The molecule has 0 spiro atoms. The Bertz CT molecular complexity index is 475. The highest BCUT2D eigenvalue weighted by atomic mass is 32.2. The third-order valence-corrected chi connectivity index (χ3v) is 4.11. The predicted octanol–water partition coefficient (Wildman–Crippen LogP) is 1.24. The van der Waals surface area contributed by atoms with Gasteiger partial charge in [0.05, 0.1) is 12.2 Å². The first-order chi connectivity index (χ1) is 8.58. The van der Waals surface area contributed by atoms with Gasteiger partial charge < -0.3 is 4.74 Å². The van der Waals surface area contributed by atoms with Crippen molar-refractivity contribution in [2.45, 2.75) is 46.3 Å². The van der Waals surface area contributed by atoms with Crippen molar-refractivity contribution in [2.24, 2.45) is 0 Å². The smallest absolute Gasteiger partial charge is 0.340 e. The second kappa shape index (κ2) is 5.60. The Labute approximate surface area is 114 Å². The van der Waals surface area contributed by atoms with Gasteiger partial charge in [-0.15, -0.1) is 0 Å². The van der Waals surface area contributed by atoms with Gasteiger partial charge in [-0.1, -0.05) is 6.08 Å². The third-order valence-electron chi connectivity index (χ3n) is 2.46. The molecule has 0 amide bonds. The Morgan fingerprint density at radius 1 is 1.47 bits per heavy atom. The molecule has 0 aromatic heterocycles. The molecule has 0 aliphatic carbocycles. The van der Waals surface area contributed by atoms with Gasteiger partial charge >= 0.3 is 16.3 Å². The Morgan fingerprint density at radius 3 is 2.53 bits per heavy atom. The van der Waals surface area contributed by atoms with E-state index in [0.29, 0.717) is 5.57 Å². The fourth-order valence-corrected chi connectivity index (χ4v) is 3.28. The van der Waals surface area contributed by atoms with E-state index in [1.807, 2.05) is 0 Å². The first kappa shape index (κ1) is 16.1. The Balaban J connectivity index is 2.97. The average molecular weight is 291 g/mol. The van der Waals surface area contributed by atoms with Crippen LogP contribution in [-0.2, 0) is 24.0 Å². The molecule has 1 heterocycles. The predicted molar refractivity (Wildman–Crippen MR) is 70.6 cm³/mol. The van der Waals surface area contributed by atoms with Gasteiger partial charge in [-0.2, -0.15) is 12.7 Å². The van der Waals surface area contributed by atoms with E-state index in [-0.39, 0.29) is 13.2 Å². The summed E-state index contributed by atoms with van der Waals surface area (Å²) in [7, 11) is -3.98. The molecule has 1 rings (SSSR count). The van der Waals surface area contributed by atoms with Gasteiger partial charge in [0.2, 0.25) is 0 Å². The standard InChI is InChI=1S/C12H21NO5S/c1-6-17-11(14)10-9(2)7-8-13(10)19(15,16)18-12(3,4)5/h7,10H,6,8H2,1-5H3/t10-/m0/s1. The van der Waals surface area contributed by atoms with Crippen LogP contribution in [0.2, 0.25) is 0 Å². The number of carbonyl (C=O) groups excluding carboxylic acids is 1. The van der Waals surface area contributed by atoms with Crippen LogP contribution in [-0.4, -0.2) is 43.5 Å². The van der Waals surface area contributed by atoms with Gasteiger partial charge in [0.25, 0.3) is 0 Å². The Kier molecular flexibility index (Phi) is 4.76. The summed E-state index contributed by atoms with van der Waals surface area (Å²) in [5, 5.41) is 0. The molecule has 19 heavy (non-hydrogen) atoms. The number of nitrogens with zero attached hydrogens (tertiary/aromatic N) is 1. The molecule has 0 radical (unpaired) electrons. The Morgan fingerprint density at radius 2 is 2.05 bits per heavy atom. The first-order valence-electron chi connectivity index (χ1n) is 6.14. The summed E-state index contributed by atoms with van der Waals surface area (Å²) in [5.74, 6) is -0.574. The highest BCUT2D eigenvalue weighted by Gasteiger charge is 2.42. The molecule has 0 unspecified atom stereocenters. The summed E-state index contributed by atoms with van der Waals surface area (Å²) in [6.45, 7) is 8.62. The molecule has 1 aliphatic rings. The molecule has 1 atom stereocenters. The van der Waals surface area contributed by atoms with E-state index in [1.54, 1.807) is 40.7 Å². The number of ether oxygens (including phenoxy) is 1. The van der Waals surface area contributed by atoms with E-state index < -0.39 is 27.9 Å². The van der Waals surface area contributed by atoms with Crippen molar-refractivity contribution in [3.05, 3.63) is 11.6 Å². The van der Waals surface area contributed by atoms with Gasteiger partial charge in [0.15, 0.2) is 0 Å². The molecule has 110 valence electrons. The van der Waals surface area contributed by atoms with E-state index in [1.165, 1.54) is 0 Å². The molecule has 6 nitrogen and oxygen atoms in total. The number of hydrogen-bond donors (Lipinski definition) is 0. The molecule has 1 aliphatic heterocycles. The second-order valence-electron chi connectivity index (χ2n) is 5.33. The third kappa shape index (κ3) is 4.02. The molecular formula is C12H21NO5S. The summed E-state index contributed by atoms with van der Waals surface area (Å²) >= 11 is 0. The zero-order chi connectivity index (χ0) is 14.8. The van der Waals surface area contributed by atoms with Gasteiger partial charge in [0, 0.05) is 6.54 Å². The van der Waals surface area contributed by atoms with Crippen LogP contribution < -0.4 is 0 Å². The van der Waals surface area contributed by atoms with E-state index in [4.69, 9.17) is 8.92 Å². The lowest BCUT2D eigenvalue weighted by Gasteiger charge is -2.27. The van der Waals surface area contributed by atoms with Crippen molar-refractivity contribution >= 4 is 16.3 Å². The fourth-order valence-electron chi connectivity index (χ4n) is 1.79. The van der Waals surface area contributed by atoms with Crippen molar-refractivity contribution in [3.63, 3.8) is 0 Å². The molecule has 0 aromatic rings. The zero-order valence-electron chi connectivity index (χ0n) is 12.0. The fraction of sp³-hybridized carbons (Fsp3) is 0.750. The maximum Gasteiger partial charge on any atom is 0.340 e. The minimum atomic E-state index is -3.98. The second-order valence-corrected chi connectivity index (χ2v) is 6.82. The van der Waals surface area contributed by atoms with Crippen LogP contribution in [0.15, 0.2) is 11.6 Å². The van der Waals surface area contributed by atoms with Gasteiger partial charge in [-0.25, -0.2) is 4.79 Å². The van der Waals surface area contributed by atoms with Crippen LogP contribution in [0.1, 0.15) is 34.6 Å². The monoisotopic (exact) mass is 291 g/mol. The van der Waals surface area contributed by atoms with Crippen LogP contribution in [0.5, 0.6) is 0 Å². The minimum Gasteiger partial charge on any atom is -0.465 e. The lowest BCUT2D eigenvalue weighted by Crippen LogP contribution is -2.45. The lowest BCUT2D eigenvalue weighted by molar-refractivity contribution is -0.146. The molecule has 0 aromatic carbocycles. The van der Waals surface area contributed by atoms with Crippen LogP contribution in [0.4, 0.5) is 0 Å². The SMILES string of the molecule is CCOC(=O)[C@@H]1C(C)=CCN1S(=O)(=O)OC(C)(C)C. The van der Waals surface area contributed by atoms with Crippen LogP contribution >= 0.6 is 0 Å². The van der Waals surface area contributed by atoms with Gasteiger partial charge in [0.1, 0.15) is 6.04 Å². The molecule has 0 saturated heterocycles. The molecule has 0 fully saturated rings. The van der Waals surface area contributed by atoms with Crippen molar-refractivity contribution in [3.8, 4) is 0 Å². The molecule has 7 heteroatoms. The van der Waals surface area contributed by atoms with Crippen molar-refractivity contribution in [2.75, 3.05) is 13.2 Å². The van der Waals surface area contributed by atoms with Crippen molar-refractivity contribution < 1.29 is 22.1 Å². The first-order valence-corrected chi connectivity index (χ1v) is 7.50. The van der Waals surface area contributed by atoms with E-state index >= 15 is 0 Å². The average Bonchev–Trinajstić information content (AvgIpc) is 2.57. The molecule has 0 bridgehead atoms. The van der Waals surface area contributed by atoms with Crippen LogP contribution in [0, 0.1) is 0 Å². The van der Waals surface area contributed by atoms with Gasteiger partial charge in [-0.3, -0.25) is 4.18 Å². The normalized spacial score (nSPS) is 21.3. The zero-order valence-corrected chi connectivity index (χ0v) is 12.8. The highest BCUT2D eigenvalue weighted by molar-refractivity contribution is 7.84. The summed E-state index contributed by atoms with van der Waals surface area (Å²) in [6, 6.07) is -0.924. The summed E-state index contributed by atoms with van der Waals surface area (Å²) in [5.41, 5.74) is -0.200. The number of esters is 1. The lowest BCUT2D eigenvalue weighted by atomic mass is 10.2. The van der Waals surface area contributed by atoms with Gasteiger partial charge in [-0.05, 0) is 40.2 Å². The van der Waals surface area contributed by atoms with E-state index in [2.05, 4.69) is 0 Å². The number of hydrogen-bond acceptors (Lipinski definition) is 5. The van der Waals surface area contributed by atoms with Crippen molar-refractivity contribution in [1.82, 2.24) is 4.31 Å². The van der Waals surface area contributed by atoms with E-state index in [0.717, 1.165) is 4.31 Å². The van der Waals surface area contributed by atoms with Crippen LogP contribution in [0.25, 0.3) is 0 Å².